The number of rotatable bonds is 3. The molecule has 2 aromatic carbocycles. The highest BCUT2D eigenvalue weighted by molar-refractivity contribution is 5.55. The SMILES string of the molecule is Nc1cc(N)cc(C/C=C/c2ccccc2)c1. The summed E-state index contributed by atoms with van der Waals surface area (Å²) in [6.07, 6.45) is 5.05. The first-order chi connectivity index (χ1) is 8.24. The van der Waals surface area contributed by atoms with E-state index in [0.29, 0.717) is 11.4 Å². The molecule has 0 aliphatic rings. The third-order valence-corrected chi connectivity index (χ3v) is 2.50. The Morgan fingerprint density at radius 3 is 2.18 bits per heavy atom. The quantitative estimate of drug-likeness (QED) is 0.787. The second-order valence-corrected chi connectivity index (χ2v) is 4.03. The minimum absolute atomic E-state index is 0.716. The van der Waals surface area contributed by atoms with Crippen molar-refractivity contribution in [2.45, 2.75) is 6.42 Å². The molecule has 0 aliphatic heterocycles. The highest BCUT2D eigenvalue weighted by Gasteiger charge is 1.94. The summed E-state index contributed by atoms with van der Waals surface area (Å²) in [6, 6.07) is 15.9. The van der Waals surface area contributed by atoms with E-state index in [9.17, 15) is 0 Å². The van der Waals surface area contributed by atoms with Gasteiger partial charge in [-0.1, -0.05) is 42.5 Å². The number of nitrogen functional groups attached to an aromatic ring is 2. The van der Waals surface area contributed by atoms with Gasteiger partial charge in [0.2, 0.25) is 0 Å². The van der Waals surface area contributed by atoms with E-state index in [1.807, 2.05) is 30.3 Å². The Kier molecular flexibility index (Phi) is 3.46. The molecular formula is C15H16N2. The van der Waals surface area contributed by atoms with E-state index in [0.717, 1.165) is 12.0 Å². The van der Waals surface area contributed by atoms with Gasteiger partial charge in [0.25, 0.3) is 0 Å². The van der Waals surface area contributed by atoms with Gasteiger partial charge in [0.05, 0.1) is 0 Å². The Balaban J connectivity index is 2.05. The largest absolute Gasteiger partial charge is 0.399 e. The maximum atomic E-state index is 5.74. The summed E-state index contributed by atoms with van der Waals surface area (Å²) in [5.74, 6) is 0. The molecule has 0 aliphatic carbocycles. The lowest BCUT2D eigenvalue weighted by Gasteiger charge is -2.01. The van der Waals surface area contributed by atoms with E-state index < -0.39 is 0 Å². The topological polar surface area (TPSA) is 52.0 Å². The van der Waals surface area contributed by atoms with Gasteiger partial charge in [-0.25, -0.2) is 0 Å². The highest BCUT2D eigenvalue weighted by Crippen LogP contribution is 2.14. The standard InChI is InChI=1S/C15H16N2/c16-14-9-13(10-15(17)11-14)8-4-7-12-5-2-1-3-6-12/h1-7,9-11H,8,16-17H2/b7-4+. The zero-order valence-electron chi connectivity index (χ0n) is 9.64. The molecule has 2 aromatic rings. The lowest BCUT2D eigenvalue weighted by Crippen LogP contribution is -1.92. The molecule has 0 spiro atoms. The van der Waals surface area contributed by atoms with Crippen LogP contribution in [0.4, 0.5) is 11.4 Å². The summed E-state index contributed by atoms with van der Waals surface area (Å²) in [6.45, 7) is 0. The van der Waals surface area contributed by atoms with Crippen LogP contribution in [-0.2, 0) is 6.42 Å². The van der Waals surface area contributed by atoms with Gasteiger partial charge in [0.15, 0.2) is 0 Å². The van der Waals surface area contributed by atoms with Crippen molar-refractivity contribution in [3.63, 3.8) is 0 Å². The summed E-state index contributed by atoms with van der Waals surface area (Å²) in [5.41, 5.74) is 15.2. The monoisotopic (exact) mass is 224 g/mol. The van der Waals surface area contributed by atoms with Crippen molar-refractivity contribution < 1.29 is 0 Å². The van der Waals surface area contributed by atoms with Crippen LogP contribution in [0.5, 0.6) is 0 Å². The summed E-state index contributed by atoms with van der Waals surface area (Å²) >= 11 is 0. The molecule has 2 heteroatoms. The van der Waals surface area contributed by atoms with Crippen molar-refractivity contribution in [1.82, 2.24) is 0 Å². The fourth-order valence-corrected chi connectivity index (χ4v) is 1.76. The Morgan fingerprint density at radius 1 is 0.882 bits per heavy atom. The number of benzene rings is 2. The molecule has 4 N–H and O–H groups in total. The molecule has 0 saturated heterocycles. The molecule has 0 unspecified atom stereocenters. The van der Waals surface area contributed by atoms with Crippen LogP contribution in [0.15, 0.2) is 54.6 Å². The number of hydrogen-bond acceptors (Lipinski definition) is 2. The highest BCUT2D eigenvalue weighted by atomic mass is 14.6. The molecule has 17 heavy (non-hydrogen) atoms. The van der Waals surface area contributed by atoms with Crippen molar-refractivity contribution in [3.05, 3.63) is 65.7 Å². The normalized spacial score (nSPS) is 10.8. The molecule has 0 aromatic heterocycles. The van der Waals surface area contributed by atoms with E-state index in [-0.39, 0.29) is 0 Å². The van der Waals surface area contributed by atoms with Crippen molar-refractivity contribution in [1.29, 1.82) is 0 Å². The summed E-state index contributed by atoms with van der Waals surface area (Å²) in [7, 11) is 0. The van der Waals surface area contributed by atoms with Crippen LogP contribution in [0.25, 0.3) is 6.08 Å². The molecule has 86 valence electrons. The first kappa shape index (κ1) is 11.3. The third kappa shape index (κ3) is 3.38. The van der Waals surface area contributed by atoms with Gasteiger partial charge in [-0.15, -0.1) is 0 Å². The van der Waals surface area contributed by atoms with Crippen LogP contribution < -0.4 is 11.5 Å². The molecule has 2 rings (SSSR count). The molecule has 0 heterocycles. The van der Waals surface area contributed by atoms with Crippen LogP contribution in [0, 0.1) is 0 Å². The number of nitrogens with two attached hydrogens (primary N) is 2. The van der Waals surface area contributed by atoms with Crippen molar-refractivity contribution >= 4 is 17.5 Å². The van der Waals surface area contributed by atoms with Crippen LogP contribution >= 0.6 is 0 Å². The number of hydrogen-bond donors (Lipinski definition) is 2. The zero-order chi connectivity index (χ0) is 12.1. The van der Waals surface area contributed by atoms with Gasteiger partial charge in [-0.05, 0) is 35.7 Å². The maximum Gasteiger partial charge on any atom is 0.0337 e. The molecule has 0 saturated carbocycles. The average Bonchev–Trinajstić information content (AvgIpc) is 2.29. The summed E-state index contributed by atoms with van der Waals surface area (Å²) in [5, 5.41) is 0. The lowest BCUT2D eigenvalue weighted by atomic mass is 10.1. The summed E-state index contributed by atoms with van der Waals surface area (Å²) in [4.78, 5) is 0. The Hall–Kier alpha value is -2.22. The second-order valence-electron chi connectivity index (χ2n) is 4.03. The van der Waals surface area contributed by atoms with Crippen LogP contribution in [0.2, 0.25) is 0 Å². The smallest absolute Gasteiger partial charge is 0.0337 e. The van der Waals surface area contributed by atoms with E-state index in [4.69, 9.17) is 11.5 Å². The van der Waals surface area contributed by atoms with Crippen molar-refractivity contribution in [2.75, 3.05) is 11.5 Å². The van der Waals surface area contributed by atoms with E-state index in [1.54, 1.807) is 6.07 Å². The maximum absolute atomic E-state index is 5.74. The van der Waals surface area contributed by atoms with Crippen molar-refractivity contribution in [2.24, 2.45) is 0 Å². The molecule has 0 fully saturated rings. The first-order valence-corrected chi connectivity index (χ1v) is 5.60. The van der Waals surface area contributed by atoms with E-state index >= 15 is 0 Å². The van der Waals surface area contributed by atoms with Gasteiger partial charge < -0.3 is 11.5 Å². The molecule has 0 bridgehead atoms. The predicted octanol–water partition coefficient (Wildman–Crippen LogP) is 3.11. The number of allylic oxidation sites excluding steroid dienone is 1. The lowest BCUT2D eigenvalue weighted by molar-refractivity contribution is 1.28. The van der Waals surface area contributed by atoms with Crippen LogP contribution in [0.3, 0.4) is 0 Å². The van der Waals surface area contributed by atoms with E-state index in [2.05, 4.69) is 24.3 Å². The summed E-state index contributed by atoms with van der Waals surface area (Å²) < 4.78 is 0. The first-order valence-electron chi connectivity index (χ1n) is 5.60. The van der Waals surface area contributed by atoms with Gasteiger partial charge >= 0.3 is 0 Å². The predicted molar refractivity (Wildman–Crippen MR) is 74.4 cm³/mol. The Labute approximate surface area is 102 Å². The van der Waals surface area contributed by atoms with Gasteiger partial charge in [0, 0.05) is 11.4 Å². The van der Waals surface area contributed by atoms with E-state index in [1.165, 1.54) is 5.56 Å². The van der Waals surface area contributed by atoms with Crippen LogP contribution in [-0.4, -0.2) is 0 Å². The minimum Gasteiger partial charge on any atom is -0.399 e. The zero-order valence-corrected chi connectivity index (χ0v) is 9.64. The van der Waals surface area contributed by atoms with Crippen molar-refractivity contribution in [3.8, 4) is 0 Å². The Morgan fingerprint density at radius 2 is 1.53 bits per heavy atom. The fourth-order valence-electron chi connectivity index (χ4n) is 1.76. The molecule has 2 nitrogen and oxygen atoms in total. The van der Waals surface area contributed by atoms with Crippen LogP contribution in [0.1, 0.15) is 11.1 Å². The third-order valence-electron chi connectivity index (χ3n) is 2.50. The van der Waals surface area contributed by atoms with Gasteiger partial charge in [-0.3, -0.25) is 0 Å². The molecule has 0 atom stereocenters. The Bertz CT molecular complexity index is 495. The minimum atomic E-state index is 0.716. The molecule has 0 radical (unpaired) electrons. The molecular weight excluding hydrogens is 208 g/mol. The number of anilines is 2. The average molecular weight is 224 g/mol. The second kappa shape index (κ2) is 5.21. The van der Waals surface area contributed by atoms with Gasteiger partial charge in [0.1, 0.15) is 0 Å². The van der Waals surface area contributed by atoms with Gasteiger partial charge in [-0.2, -0.15) is 0 Å². The molecule has 0 amide bonds. The fraction of sp³-hybridized carbons (Fsp3) is 0.0667.